The monoisotopic (exact) mass is 475 g/mol. The summed E-state index contributed by atoms with van der Waals surface area (Å²) >= 11 is 0. The number of aliphatic hydroxyl groups excluding tert-OH is 1. The number of aryl methyl sites for hydroxylation is 1. The lowest BCUT2D eigenvalue weighted by atomic mass is 9.91. The molecule has 0 saturated carbocycles. The number of amides is 1. The van der Waals surface area contributed by atoms with Crippen LogP contribution in [0.2, 0.25) is 0 Å². The molecule has 7 heteroatoms. The third kappa shape index (κ3) is 4.25. The summed E-state index contributed by atoms with van der Waals surface area (Å²) in [7, 11) is 1.57. The SMILES string of the molecule is COc1cc(C)c(/C(O)=C2\C(=O)C(=O)N(c3cccc(F)c3)C2c2ccc(O)cc2)cc1C(C)C. The minimum absolute atomic E-state index is 0.00373. The molecular formula is C28H26FNO5. The zero-order valence-electron chi connectivity index (χ0n) is 19.9. The largest absolute Gasteiger partial charge is 0.508 e. The molecule has 1 aliphatic rings. The van der Waals surface area contributed by atoms with E-state index < -0.39 is 23.5 Å². The van der Waals surface area contributed by atoms with Gasteiger partial charge in [-0.05, 0) is 72.0 Å². The number of ketones is 1. The van der Waals surface area contributed by atoms with Gasteiger partial charge in [0, 0.05) is 11.3 Å². The quantitative estimate of drug-likeness (QED) is 0.285. The van der Waals surface area contributed by atoms with Gasteiger partial charge in [0.05, 0.1) is 18.7 Å². The van der Waals surface area contributed by atoms with Gasteiger partial charge in [0.25, 0.3) is 11.7 Å². The number of nitrogens with zero attached hydrogens (tertiary/aromatic N) is 1. The topological polar surface area (TPSA) is 87.1 Å². The third-order valence-electron chi connectivity index (χ3n) is 6.19. The Kier molecular flexibility index (Phi) is 6.35. The summed E-state index contributed by atoms with van der Waals surface area (Å²) in [5, 5.41) is 21.3. The van der Waals surface area contributed by atoms with E-state index in [1.165, 1.54) is 35.2 Å². The summed E-state index contributed by atoms with van der Waals surface area (Å²) in [4.78, 5) is 27.7. The fraction of sp³-hybridized carbons (Fsp3) is 0.214. The number of aliphatic hydroxyl groups is 1. The summed E-state index contributed by atoms with van der Waals surface area (Å²) in [6.07, 6.45) is 0. The molecule has 3 aromatic rings. The van der Waals surface area contributed by atoms with Crippen LogP contribution in [-0.4, -0.2) is 29.0 Å². The fourth-order valence-corrected chi connectivity index (χ4v) is 4.42. The van der Waals surface area contributed by atoms with E-state index in [9.17, 15) is 24.2 Å². The zero-order chi connectivity index (χ0) is 25.4. The number of carbonyl (C=O) groups is 2. The van der Waals surface area contributed by atoms with Crippen molar-refractivity contribution in [2.45, 2.75) is 32.7 Å². The summed E-state index contributed by atoms with van der Waals surface area (Å²) in [5.41, 5.74) is 2.43. The molecule has 1 unspecified atom stereocenters. The number of hydrogen-bond acceptors (Lipinski definition) is 5. The van der Waals surface area contributed by atoms with Gasteiger partial charge in [0.15, 0.2) is 0 Å². The van der Waals surface area contributed by atoms with Crippen LogP contribution in [0.3, 0.4) is 0 Å². The Balaban J connectivity index is 1.99. The second-order valence-electron chi connectivity index (χ2n) is 8.80. The predicted molar refractivity (Wildman–Crippen MR) is 131 cm³/mol. The first-order valence-corrected chi connectivity index (χ1v) is 11.2. The number of anilines is 1. The molecule has 0 aliphatic carbocycles. The molecule has 180 valence electrons. The molecule has 0 bridgehead atoms. The van der Waals surface area contributed by atoms with Crippen LogP contribution < -0.4 is 9.64 Å². The highest BCUT2D eigenvalue weighted by Gasteiger charge is 2.47. The maximum Gasteiger partial charge on any atom is 0.300 e. The first kappa shape index (κ1) is 24.0. The highest BCUT2D eigenvalue weighted by atomic mass is 19.1. The molecule has 2 N–H and O–H groups in total. The van der Waals surface area contributed by atoms with Gasteiger partial charge >= 0.3 is 0 Å². The molecule has 4 rings (SSSR count). The van der Waals surface area contributed by atoms with Gasteiger partial charge in [-0.2, -0.15) is 0 Å². The molecule has 1 amide bonds. The average molecular weight is 476 g/mol. The van der Waals surface area contributed by atoms with Crippen molar-refractivity contribution in [2.75, 3.05) is 12.0 Å². The average Bonchev–Trinajstić information content (AvgIpc) is 3.09. The number of benzene rings is 3. The first-order valence-electron chi connectivity index (χ1n) is 11.2. The Morgan fingerprint density at radius 1 is 1.06 bits per heavy atom. The van der Waals surface area contributed by atoms with Crippen molar-refractivity contribution in [1.29, 1.82) is 0 Å². The fourth-order valence-electron chi connectivity index (χ4n) is 4.42. The number of aromatic hydroxyl groups is 1. The Morgan fingerprint density at radius 3 is 2.34 bits per heavy atom. The molecule has 1 heterocycles. The number of carbonyl (C=O) groups excluding carboxylic acids is 2. The van der Waals surface area contributed by atoms with E-state index in [0.29, 0.717) is 22.4 Å². The van der Waals surface area contributed by atoms with Crippen molar-refractivity contribution in [3.05, 3.63) is 94.3 Å². The number of phenolic OH excluding ortho intramolecular Hbond substituents is 1. The lowest BCUT2D eigenvalue weighted by Crippen LogP contribution is -2.29. The van der Waals surface area contributed by atoms with Gasteiger partial charge in [-0.15, -0.1) is 0 Å². The summed E-state index contributed by atoms with van der Waals surface area (Å²) in [5.74, 6) is -1.94. The number of ether oxygens (including phenoxy) is 1. The lowest BCUT2D eigenvalue weighted by Gasteiger charge is -2.26. The molecule has 35 heavy (non-hydrogen) atoms. The van der Waals surface area contributed by atoms with Gasteiger partial charge in [-0.1, -0.05) is 32.0 Å². The van der Waals surface area contributed by atoms with E-state index in [2.05, 4.69) is 0 Å². The Labute approximate surface area is 202 Å². The maximum atomic E-state index is 14.1. The van der Waals surface area contributed by atoms with Crippen LogP contribution in [0.1, 0.15) is 48.1 Å². The van der Waals surface area contributed by atoms with E-state index >= 15 is 0 Å². The van der Waals surface area contributed by atoms with E-state index in [1.807, 2.05) is 13.8 Å². The van der Waals surface area contributed by atoms with Gasteiger partial charge in [-0.3, -0.25) is 14.5 Å². The van der Waals surface area contributed by atoms with Crippen molar-refractivity contribution in [3.8, 4) is 11.5 Å². The Morgan fingerprint density at radius 2 is 1.74 bits per heavy atom. The van der Waals surface area contributed by atoms with E-state index in [-0.39, 0.29) is 28.7 Å². The van der Waals surface area contributed by atoms with Crippen LogP contribution in [0.15, 0.2) is 66.2 Å². The highest BCUT2D eigenvalue weighted by Crippen LogP contribution is 2.43. The molecule has 1 fully saturated rings. The number of methoxy groups -OCH3 is 1. The minimum atomic E-state index is -1.03. The van der Waals surface area contributed by atoms with Crippen LogP contribution in [0.4, 0.5) is 10.1 Å². The molecule has 1 saturated heterocycles. The van der Waals surface area contributed by atoms with Gasteiger partial charge in [0.2, 0.25) is 0 Å². The van der Waals surface area contributed by atoms with Crippen LogP contribution in [0, 0.1) is 12.7 Å². The van der Waals surface area contributed by atoms with Crippen molar-refractivity contribution in [1.82, 2.24) is 0 Å². The molecule has 1 atom stereocenters. The van der Waals surface area contributed by atoms with E-state index in [0.717, 1.165) is 11.6 Å². The van der Waals surface area contributed by atoms with Crippen molar-refractivity contribution >= 4 is 23.1 Å². The molecule has 0 aromatic heterocycles. The standard InChI is InChI=1S/C28H26FNO5/c1-15(2)21-14-22(16(3)12-23(21)35-4)26(32)24-25(17-8-10-20(31)11-9-17)30(28(34)27(24)33)19-7-5-6-18(29)13-19/h5-15,25,31-32H,1-4H3/b26-24+. The smallest absolute Gasteiger partial charge is 0.300 e. The highest BCUT2D eigenvalue weighted by molar-refractivity contribution is 6.51. The van der Waals surface area contributed by atoms with Crippen LogP contribution in [0.25, 0.3) is 5.76 Å². The number of hydrogen-bond donors (Lipinski definition) is 2. The first-order chi connectivity index (χ1) is 16.6. The summed E-state index contributed by atoms with van der Waals surface area (Å²) < 4.78 is 19.6. The molecule has 0 radical (unpaired) electrons. The van der Waals surface area contributed by atoms with Crippen LogP contribution >= 0.6 is 0 Å². The van der Waals surface area contributed by atoms with Gasteiger partial charge in [0.1, 0.15) is 23.1 Å². The van der Waals surface area contributed by atoms with Gasteiger partial charge < -0.3 is 14.9 Å². The van der Waals surface area contributed by atoms with Crippen molar-refractivity contribution < 1.29 is 28.9 Å². The maximum absolute atomic E-state index is 14.1. The van der Waals surface area contributed by atoms with Crippen LogP contribution in [0.5, 0.6) is 11.5 Å². The summed E-state index contributed by atoms with van der Waals surface area (Å²) in [6, 6.07) is 13.9. The second-order valence-corrected chi connectivity index (χ2v) is 8.80. The number of Topliss-reactive ketones (excluding diaryl/α,β-unsaturated/α-hetero) is 1. The summed E-state index contributed by atoms with van der Waals surface area (Å²) in [6.45, 7) is 5.74. The molecule has 3 aromatic carbocycles. The molecule has 1 aliphatic heterocycles. The van der Waals surface area contributed by atoms with E-state index in [1.54, 1.807) is 38.3 Å². The van der Waals surface area contributed by atoms with Crippen LogP contribution in [-0.2, 0) is 9.59 Å². The van der Waals surface area contributed by atoms with E-state index in [4.69, 9.17) is 4.74 Å². The molecule has 6 nitrogen and oxygen atoms in total. The normalized spacial score (nSPS) is 17.3. The minimum Gasteiger partial charge on any atom is -0.508 e. The van der Waals surface area contributed by atoms with Gasteiger partial charge in [-0.25, -0.2) is 4.39 Å². The van der Waals surface area contributed by atoms with Crippen molar-refractivity contribution in [2.24, 2.45) is 0 Å². The number of phenols is 1. The Bertz CT molecular complexity index is 1340. The number of rotatable bonds is 5. The second kappa shape index (κ2) is 9.25. The van der Waals surface area contributed by atoms with Crippen molar-refractivity contribution in [3.63, 3.8) is 0 Å². The predicted octanol–water partition coefficient (Wildman–Crippen LogP) is 5.60. The number of halogens is 1. The Hall–Kier alpha value is -4.13. The third-order valence-corrected chi connectivity index (χ3v) is 6.19. The molecule has 0 spiro atoms. The lowest BCUT2D eigenvalue weighted by molar-refractivity contribution is -0.132. The molecular weight excluding hydrogens is 449 g/mol. The zero-order valence-corrected chi connectivity index (χ0v) is 19.9.